The van der Waals surface area contributed by atoms with Crippen molar-refractivity contribution in [3.05, 3.63) is 35.5 Å². The molecule has 142 valence electrons. The monoisotopic (exact) mass is 357 g/mol. The summed E-state index contributed by atoms with van der Waals surface area (Å²) in [5.41, 5.74) is 2.30. The highest BCUT2D eigenvalue weighted by Crippen LogP contribution is 2.25. The van der Waals surface area contributed by atoms with Gasteiger partial charge in [0, 0.05) is 29.7 Å². The quantitative estimate of drug-likeness (QED) is 0.553. The Morgan fingerprint density at radius 1 is 1.19 bits per heavy atom. The molecule has 0 fully saturated rings. The van der Waals surface area contributed by atoms with E-state index in [0.717, 1.165) is 49.1 Å². The SMILES string of the molecule is CCN(CC)CCCC(C)NC(=O)C(=O)c1c(C)n(C)c2ccccc12. The second-order valence-electron chi connectivity index (χ2n) is 6.91. The van der Waals surface area contributed by atoms with Crippen LogP contribution in [0.1, 0.15) is 49.7 Å². The summed E-state index contributed by atoms with van der Waals surface area (Å²) < 4.78 is 1.96. The number of aromatic nitrogens is 1. The molecule has 1 amide bonds. The lowest BCUT2D eigenvalue weighted by Gasteiger charge is -2.19. The van der Waals surface area contributed by atoms with E-state index in [9.17, 15) is 9.59 Å². The number of fused-ring (bicyclic) bond motifs is 1. The lowest BCUT2D eigenvalue weighted by atomic mass is 10.1. The molecule has 0 saturated carbocycles. The number of nitrogens with one attached hydrogen (secondary N) is 1. The summed E-state index contributed by atoms with van der Waals surface area (Å²) in [5, 5.41) is 3.71. The minimum Gasteiger partial charge on any atom is -0.347 e. The van der Waals surface area contributed by atoms with Crippen LogP contribution in [0, 0.1) is 6.92 Å². The van der Waals surface area contributed by atoms with Gasteiger partial charge in [0.2, 0.25) is 0 Å². The zero-order valence-corrected chi connectivity index (χ0v) is 16.6. The number of rotatable bonds is 9. The Balaban J connectivity index is 2.02. The minimum absolute atomic E-state index is 0.0164. The van der Waals surface area contributed by atoms with Gasteiger partial charge in [-0.3, -0.25) is 9.59 Å². The summed E-state index contributed by atoms with van der Waals surface area (Å²) in [4.78, 5) is 27.6. The van der Waals surface area contributed by atoms with Gasteiger partial charge in [-0.05, 0) is 52.4 Å². The summed E-state index contributed by atoms with van der Waals surface area (Å²) in [5.74, 6) is -0.963. The zero-order valence-electron chi connectivity index (χ0n) is 16.6. The van der Waals surface area contributed by atoms with Gasteiger partial charge < -0.3 is 14.8 Å². The summed E-state index contributed by atoms with van der Waals surface area (Å²) in [7, 11) is 1.92. The van der Waals surface area contributed by atoms with Crippen LogP contribution in [0.3, 0.4) is 0 Å². The van der Waals surface area contributed by atoms with Gasteiger partial charge in [-0.1, -0.05) is 32.0 Å². The normalized spacial score (nSPS) is 12.5. The number of carbonyl (C=O) groups excluding carboxylic acids is 2. The number of hydrogen-bond donors (Lipinski definition) is 1. The molecular formula is C21H31N3O2. The molecule has 2 aromatic rings. The Hall–Kier alpha value is -2.14. The van der Waals surface area contributed by atoms with E-state index in [4.69, 9.17) is 0 Å². The number of para-hydroxylation sites is 1. The summed E-state index contributed by atoms with van der Waals surface area (Å²) in [6.45, 7) is 11.2. The fourth-order valence-corrected chi connectivity index (χ4v) is 3.44. The van der Waals surface area contributed by atoms with Crippen LogP contribution >= 0.6 is 0 Å². The Kier molecular flexibility index (Phi) is 6.98. The molecule has 26 heavy (non-hydrogen) atoms. The molecule has 0 bridgehead atoms. The predicted molar refractivity (Wildman–Crippen MR) is 107 cm³/mol. The fraction of sp³-hybridized carbons (Fsp3) is 0.524. The molecular weight excluding hydrogens is 326 g/mol. The predicted octanol–water partition coefficient (Wildman–Crippen LogP) is 3.30. The number of nitrogens with zero attached hydrogens (tertiary/aromatic N) is 2. The van der Waals surface area contributed by atoms with Crippen LogP contribution in [-0.4, -0.2) is 46.8 Å². The first-order chi connectivity index (χ1) is 12.4. The number of benzene rings is 1. The van der Waals surface area contributed by atoms with E-state index >= 15 is 0 Å². The van der Waals surface area contributed by atoms with Crippen molar-refractivity contribution in [2.24, 2.45) is 7.05 Å². The van der Waals surface area contributed by atoms with Crippen molar-refractivity contribution < 1.29 is 9.59 Å². The van der Waals surface area contributed by atoms with Gasteiger partial charge in [0.05, 0.1) is 5.56 Å². The van der Waals surface area contributed by atoms with Crippen LogP contribution < -0.4 is 5.32 Å². The summed E-state index contributed by atoms with van der Waals surface area (Å²) in [6.07, 6.45) is 1.87. The average Bonchev–Trinajstić information content (AvgIpc) is 2.89. The van der Waals surface area contributed by atoms with E-state index < -0.39 is 11.7 Å². The van der Waals surface area contributed by atoms with Gasteiger partial charge in [0.25, 0.3) is 11.7 Å². The molecule has 5 heteroatoms. The van der Waals surface area contributed by atoms with Crippen molar-refractivity contribution in [3.8, 4) is 0 Å². The molecule has 2 rings (SSSR count). The maximum atomic E-state index is 12.8. The first-order valence-corrected chi connectivity index (χ1v) is 9.52. The molecule has 1 unspecified atom stereocenters. The van der Waals surface area contributed by atoms with E-state index in [1.807, 2.05) is 49.7 Å². The Labute approximate surface area is 156 Å². The van der Waals surface area contributed by atoms with E-state index in [-0.39, 0.29) is 6.04 Å². The fourth-order valence-electron chi connectivity index (χ4n) is 3.44. The van der Waals surface area contributed by atoms with Crippen LogP contribution in [0.4, 0.5) is 0 Å². The number of aryl methyl sites for hydroxylation is 1. The summed E-state index contributed by atoms with van der Waals surface area (Å²) in [6, 6.07) is 7.68. The highest BCUT2D eigenvalue weighted by atomic mass is 16.2. The second kappa shape index (κ2) is 8.99. The third-order valence-electron chi connectivity index (χ3n) is 5.22. The van der Waals surface area contributed by atoms with Gasteiger partial charge in [-0.15, -0.1) is 0 Å². The van der Waals surface area contributed by atoms with Gasteiger partial charge in [-0.25, -0.2) is 0 Å². The Bertz CT molecular complexity index is 775. The molecule has 1 heterocycles. The van der Waals surface area contributed by atoms with Crippen molar-refractivity contribution in [1.82, 2.24) is 14.8 Å². The molecule has 0 saturated heterocycles. The zero-order chi connectivity index (χ0) is 19.3. The maximum absolute atomic E-state index is 12.8. The topological polar surface area (TPSA) is 54.3 Å². The maximum Gasteiger partial charge on any atom is 0.292 e. The van der Waals surface area contributed by atoms with Gasteiger partial charge in [-0.2, -0.15) is 0 Å². The van der Waals surface area contributed by atoms with Gasteiger partial charge in [0.15, 0.2) is 0 Å². The third-order valence-corrected chi connectivity index (χ3v) is 5.22. The van der Waals surface area contributed by atoms with Crippen molar-refractivity contribution in [2.45, 2.75) is 46.6 Å². The molecule has 1 atom stereocenters. The standard InChI is InChI=1S/C21H31N3O2/c1-6-24(7-2)14-10-11-15(3)22-21(26)20(25)19-16(4)23(5)18-13-9-8-12-17(18)19/h8-9,12-13,15H,6-7,10-11,14H2,1-5H3,(H,22,26). The van der Waals surface area contributed by atoms with Crippen molar-refractivity contribution in [1.29, 1.82) is 0 Å². The van der Waals surface area contributed by atoms with Crippen LogP contribution in [0.2, 0.25) is 0 Å². The van der Waals surface area contributed by atoms with E-state index in [1.54, 1.807) is 0 Å². The number of ketones is 1. The molecule has 1 aromatic carbocycles. The molecule has 0 aliphatic carbocycles. The number of amides is 1. The van der Waals surface area contributed by atoms with Crippen molar-refractivity contribution in [2.75, 3.05) is 19.6 Å². The molecule has 0 aliphatic rings. The van der Waals surface area contributed by atoms with E-state index in [0.29, 0.717) is 5.56 Å². The molecule has 1 aromatic heterocycles. The van der Waals surface area contributed by atoms with Gasteiger partial charge >= 0.3 is 0 Å². The highest BCUT2D eigenvalue weighted by Gasteiger charge is 2.24. The lowest BCUT2D eigenvalue weighted by molar-refractivity contribution is -0.117. The van der Waals surface area contributed by atoms with Crippen molar-refractivity contribution in [3.63, 3.8) is 0 Å². The average molecular weight is 357 g/mol. The van der Waals surface area contributed by atoms with Crippen LogP contribution in [0.15, 0.2) is 24.3 Å². The van der Waals surface area contributed by atoms with Crippen LogP contribution in [-0.2, 0) is 11.8 Å². The lowest BCUT2D eigenvalue weighted by Crippen LogP contribution is -2.38. The molecule has 0 spiro atoms. The van der Waals surface area contributed by atoms with Crippen LogP contribution in [0.25, 0.3) is 10.9 Å². The molecule has 0 radical (unpaired) electrons. The summed E-state index contributed by atoms with van der Waals surface area (Å²) >= 11 is 0. The number of hydrogen-bond acceptors (Lipinski definition) is 3. The number of Topliss-reactive ketones (excluding diaryl/α,β-unsaturated/α-hetero) is 1. The van der Waals surface area contributed by atoms with Crippen molar-refractivity contribution >= 4 is 22.6 Å². The highest BCUT2D eigenvalue weighted by molar-refractivity contribution is 6.45. The smallest absolute Gasteiger partial charge is 0.292 e. The van der Waals surface area contributed by atoms with Gasteiger partial charge in [0.1, 0.15) is 0 Å². The van der Waals surface area contributed by atoms with Crippen LogP contribution in [0.5, 0.6) is 0 Å². The molecule has 0 aliphatic heterocycles. The third kappa shape index (κ3) is 4.33. The largest absolute Gasteiger partial charge is 0.347 e. The van der Waals surface area contributed by atoms with E-state index in [2.05, 4.69) is 24.1 Å². The minimum atomic E-state index is -0.514. The first-order valence-electron chi connectivity index (χ1n) is 9.52. The molecule has 1 N–H and O–H groups in total. The first kappa shape index (κ1) is 20.2. The number of carbonyl (C=O) groups is 2. The Morgan fingerprint density at radius 2 is 1.85 bits per heavy atom. The Morgan fingerprint density at radius 3 is 2.50 bits per heavy atom. The molecule has 5 nitrogen and oxygen atoms in total. The van der Waals surface area contributed by atoms with E-state index in [1.165, 1.54) is 0 Å². The second-order valence-corrected chi connectivity index (χ2v) is 6.91.